The number of esters is 2. The molecular formula is C13H18O5. The first-order chi connectivity index (χ1) is 8.55. The molecule has 0 aromatic rings. The van der Waals surface area contributed by atoms with Gasteiger partial charge in [0.2, 0.25) is 0 Å². The van der Waals surface area contributed by atoms with Crippen molar-refractivity contribution in [2.45, 2.75) is 25.4 Å². The Morgan fingerprint density at radius 3 is 2.17 bits per heavy atom. The molecule has 0 unspecified atom stereocenters. The van der Waals surface area contributed by atoms with Crippen LogP contribution in [0.2, 0.25) is 0 Å². The van der Waals surface area contributed by atoms with Crippen molar-refractivity contribution in [3.63, 3.8) is 0 Å². The van der Waals surface area contributed by atoms with Gasteiger partial charge >= 0.3 is 11.9 Å². The van der Waals surface area contributed by atoms with Crippen LogP contribution < -0.4 is 0 Å². The molecule has 18 heavy (non-hydrogen) atoms. The average molecular weight is 254 g/mol. The molecule has 0 saturated heterocycles. The number of rotatable bonds is 3. The van der Waals surface area contributed by atoms with Crippen LogP contribution in [-0.4, -0.2) is 39.4 Å². The standard InChI is InChI=1S/C13H18O5/c1-5-9-8-13(11(14)17-3,12(15)18-4)7-6-10(9)16-2/h1,9-10H,6-8H2,2-4H3/t9-,10+/m1/s1. The maximum Gasteiger partial charge on any atom is 0.323 e. The molecule has 0 aliphatic heterocycles. The molecule has 1 fully saturated rings. The molecule has 0 N–H and O–H groups in total. The highest BCUT2D eigenvalue weighted by molar-refractivity contribution is 6.00. The van der Waals surface area contributed by atoms with Crippen molar-refractivity contribution in [3.05, 3.63) is 0 Å². The first-order valence-electron chi connectivity index (χ1n) is 5.71. The van der Waals surface area contributed by atoms with Gasteiger partial charge in [-0.3, -0.25) is 9.59 Å². The fourth-order valence-corrected chi connectivity index (χ4v) is 2.49. The normalized spacial score (nSPS) is 25.9. The van der Waals surface area contributed by atoms with E-state index in [2.05, 4.69) is 5.92 Å². The molecule has 0 aromatic carbocycles. The fraction of sp³-hybridized carbons (Fsp3) is 0.692. The summed E-state index contributed by atoms with van der Waals surface area (Å²) in [5, 5.41) is 0. The maximum atomic E-state index is 11.9. The van der Waals surface area contributed by atoms with E-state index in [1.807, 2.05) is 0 Å². The van der Waals surface area contributed by atoms with E-state index in [1.54, 1.807) is 7.11 Å². The summed E-state index contributed by atoms with van der Waals surface area (Å²) in [4.78, 5) is 23.8. The second-order valence-corrected chi connectivity index (χ2v) is 4.36. The van der Waals surface area contributed by atoms with E-state index in [4.69, 9.17) is 20.6 Å². The molecule has 1 aliphatic rings. The zero-order chi connectivity index (χ0) is 13.8. The molecule has 0 spiro atoms. The third-order valence-electron chi connectivity index (χ3n) is 3.54. The Balaban J connectivity index is 3.05. The third-order valence-corrected chi connectivity index (χ3v) is 3.54. The van der Waals surface area contributed by atoms with Crippen LogP contribution in [0.15, 0.2) is 0 Å². The molecular weight excluding hydrogens is 236 g/mol. The van der Waals surface area contributed by atoms with Crippen LogP contribution in [0.3, 0.4) is 0 Å². The molecule has 0 radical (unpaired) electrons. The SMILES string of the molecule is C#C[C@@H]1CC(C(=O)OC)(C(=O)OC)CC[C@@H]1OC. The number of terminal acetylenes is 1. The van der Waals surface area contributed by atoms with Crippen LogP contribution in [0.25, 0.3) is 0 Å². The monoisotopic (exact) mass is 254 g/mol. The molecule has 1 rings (SSSR count). The van der Waals surface area contributed by atoms with Crippen LogP contribution in [0.4, 0.5) is 0 Å². The van der Waals surface area contributed by atoms with Crippen molar-refractivity contribution >= 4 is 11.9 Å². The maximum absolute atomic E-state index is 11.9. The second kappa shape index (κ2) is 5.87. The molecule has 5 nitrogen and oxygen atoms in total. The number of methoxy groups -OCH3 is 3. The molecule has 1 saturated carbocycles. The molecule has 1 aliphatic carbocycles. The van der Waals surface area contributed by atoms with Crippen molar-refractivity contribution in [1.29, 1.82) is 0 Å². The lowest BCUT2D eigenvalue weighted by molar-refractivity contribution is -0.175. The van der Waals surface area contributed by atoms with E-state index < -0.39 is 17.4 Å². The minimum Gasteiger partial charge on any atom is -0.468 e. The largest absolute Gasteiger partial charge is 0.468 e. The van der Waals surface area contributed by atoms with Gasteiger partial charge in [0.1, 0.15) is 0 Å². The van der Waals surface area contributed by atoms with Gasteiger partial charge in [0.25, 0.3) is 0 Å². The van der Waals surface area contributed by atoms with Crippen LogP contribution in [0.1, 0.15) is 19.3 Å². The Kier molecular flexibility index (Phi) is 4.74. The highest BCUT2D eigenvalue weighted by Crippen LogP contribution is 2.42. The Labute approximate surface area is 107 Å². The van der Waals surface area contributed by atoms with Crippen LogP contribution in [0.5, 0.6) is 0 Å². The van der Waals surface area contributed by atoms with E-state index in [-0.39, 0.29) is 18.4 Å². The predicted molar refractivity (Wildman–Crippen MR) is 63.4 cm³/mol. The van der Waals surface area contributed by atoms with Crippen molar-refractivity contribution in [2.75, 3.05) is 21.3 Å². The van der Waals surface area contributed by atoms with Gasteiger partial charge in [-0.2, -0.15) is 0 Å². The summed E-state index contributed by atoms with van der Waals surface area (Å²) < 4.78 is 14.7. The Morgan fingerprint density at radius 2 is 1.78 bits per heavy atom. The Bertz CT molecular complexity index is 352. The summed E-state index contributed by atoms with van der Waals surface area (Å²) in [7, 11) is 4.07. The van der Waals surface area contributed by atoms with Gasteiger partial charge in [0.05, 0.1) is 20.3 Å². The lowest BCUT2D eigenvalue weighted by Gasteiger charge is -2.38. The van der Waals surface area contributed by atoms with E-state index in [9.17, 15) is 9.59 Å². The summed E-state index contributed by atoms with van der Waals surface area (Å²) in [5.74, 6) is 1.09. The van der Waals surface area contributed by atoms with E-state index in [0.29, 0.717) is 12.8 Å². The highest BCUT2D eigenvalue weighted by atomic mass is 16.5. The lowest BCUT2D eigenvalue weighted by Crippen LogP contribution is -2.48. The van der Waals surface area contributed by atoms with Crippen LogP contribution in [0, 0.1) is 23.7 Å². The van der Waals surface area contributed by atoms with Gasteiger partial charge < -0.3 is 14.2 Å². The summed E-state index contributed by atoms with van der Waals surface area (Å²) in [5.41, 5.74) is -1.30. The zero-order valence-electron chi connectivity index (χ0n) is 10.9. The minimum atomic E-state index is -1.30. The van der Waals surface area contributed by atoms with Crippen molar-refractivity contribution in [2.24, 2.45) is 11.3 Å². The number of hydrogen-bond acceptors (Lipinski definition) is 5. The number of hydrogen-bond donors (Lipinski definition) is 0. The van der Waals surface area contributed by atoms with Gasteiger partial charge in [-0.25, -0.2) is 0 Å². The van der Waals surface area contributed by atoms with Crippen LogP contribution in [-0.2, 0) is 23.8 Å². The average Bonchev–Trinajstić information content (AvgIpc) is 2.44. The van der Waals surface area contributed by atoms with Crippen molar-refractivity contribution < 1.29 is 23.8 Å². The first-order valence-corrected chi connectivity index (χ1v) is 5.71. The van der Waals surface area contributed by atoms with Gasteiger partial charge in [0.15, 0.2) is 5.41 Å². The quantitative estimate of drug-likeness (QED) is 0.423. The van der Waals surface area contributed by atoms with Gasteiger partial charge in [-0.15, -0.1) is 12.3 Å². The molecule has 0 heterocycles. The second-order valence-electron chi connectivity index (χ2n) is 4.36. The predicted octanol–water partition coefficient (Wildman–Crippen LogP) is 0.767. The molecule has 0 amide bonds. The molecule has 2 atom stereocenters. The molecule has 100 valence electrons. The van der Waals surface area contributed by atoms with Gasteiger partial charge in [0, 0.05) is 13.0 Å². The number of ether oxygens (including phenoxy) is 3. The summed E-state index contributed by atoms with van der Waals surface area (Å²) >= 11 is 0. The summed E-state index contributed by atoms with van der Waals surface area (Å²) in [6, 6.07) is 0. The van der Waals surface area contributed by atoms with Gasteiger partial charge in [-0.1, -0.05) is 0 Å². The van der Waals surface area contributed by atoms with Crippen molar-refractivity contribution in [3.8, 4) is 12.3 Å². The summed E-state index contributed by atoms with van der Waals surface area (Å²) in [6.45, 7) is 0. The van der Waals surface area contributed by atoms with E-state index in [1.165, 1.54) is 14.2 Å². The first kappa shape index (κ1) is 14.5. The highest BCUT2D eigenvalue weighted by Gasteiger charge is 2.53. The third kappa shape index (κ3) is 2.34. The molecule has 0 aromatic heterocycles. The molecule has 5 heteroatoms. The lowest BCUT2D eigenvalue weighted by atomic mass is 9.68. The Morgan fingerprint density at radius 1 is 1.22 bits per heavy atom. The fourth-order valence-electron chi connectivity index (χ4n) is 2.49. The van der Waals surface area contributed by atoms with E-state index >= 15 is 0 Å². The zero-order valence-corrected chi connectivity index (χ0v) is 10.9. The minimum absolute atomic E-state index is 0.141. The van der Waals surface area contributed by atoms with Gasteiger partial charge in [-0.05, 0) is 19.3 Å². The number of carbonyl (C=O) groups excluding carboxylic acids is 2. The molecule has 0 bridgehead atoms. The smallest absolute Gasteiger partial charge is 0.323 e. The summed E-state index contributed by atoms with van der Waals surface area (Å²) in [6.07, 6.45) is 6.34. The van der Waals surface area contributed by atoms with Crippen LogP contribution >= 0.6 is 0 Å². The van der Waals surface area contributed by atoms with E-state index in [0.717, 1.165) is 0 Å². The van der Waals surface area contributed by atoms with Crippen molar-refractivity contribution in [1.82, 2.24) is 0 Å². The number of carbonyl (C=O) groups is 2. The topological polar surface area (TPSA) is 61.8 Å². The Hall–Kier alpha value is -1.54.